The van der Waals surface area contributed by atoms with Gasteiger partial charge in [0, 0.05) is 6.54 Å². The van der Waals surface area contributed by atoms with Crippen LogP contribution in [0.25, 0.3) is 0 Å². The molecule has 20 heavy (non-hydrogen) atoms. The minimum absolute atomic E-state index is 0.0269. The molecule has 0 radical (unpaired) electrons. The second kappa shape index (κ2) is 6.44. The SMILES string of the molecule is NNc1ncnc(N2CCCCCC2CO)c1[N+](=O)[O-]. The van der Waals surface area contributed by atoms with E-state index >= 15 is 0 Å². The maximum absolute atomic E-state index is 11.3. The fourth-order valence-corrected chi connectivity index (χ4v) is 2.50. The molecule has 1 aromatic heterocycles. The summed E-state index contributed by atoms with van der Waals surface area (Å²) in [4.78, 5) is 20.3. The van der Waals surface area contributed by atoms with Crippen LogP contribution in [0.2, 0.25) is 0 Å². The molecular weight excluding hydrogens is 264 g/mol. The number of hydrogen-bond acceptors (Lipinski definition) is 8. The zero-order valence-electron chi connectivity index (χ0n) is 11.0. The summed E-state index contributed by atoms with van der Waals surface area (Å²) < 4.78 is 0. The fraction of sp³-hybridized carbons (Fsp3) is 0.636. The largest absolute Gasteiger partial charge is 0.394 e. The van der Waals surface area contributed by atoms with E-state index in [0.717, 1.165) is 25.7 Å². The topological polar surface area (TPSA) is 130 Å². The first-order valence-corrected chi connectivity index (χ1v) is 6.52. The first-order valence-electron chi connectivity index (χ1n) is 6.52. The van der Waals surface area contributed by atoms with E-state index in [-0.39, 0.29) is 30.0 Å². The van der Waals surface area contributed by atoms with Crippen LogP contribution in [0.4, 0.5) is 17.3 Å². The van der Waals surface area contributed by atoms with Gasteiger partial charge < -0.3 is 15.4 Å². The van der Waals surface area contributed by atoms with Crippen molar-refractivity contribution in [2.75, 3.05) is 23.5 Å². The van der Waals surface area contributed by atoms with Crippen LogP contribution >= 0.6 is 0 Å². The molecule has 1 fully saturated rings. The molecule has 0 spiro atoms. The number of nitrogen functional groups attached to an aromatic ring is 1. The monoisotopic (exact) mass is 282 g/mol. The number of aliphatic hydroxyl groups is 1. The molecule has 0 saturated carbocycles. The minimum Gasteiger partial charge on any atom is -0.394 e. The number of nitrogens with zero attached hydrogens (tertiary/aromatic N) is 4. The lowest BCUT2D eigenvalue weighted by Gasteiger charge is -2.29. The van der Waals surface area contributed by atoms with Crippen LogP contribution in [0, 0.1) is 10.1 Å². The van der Waals surface area contributed by atoms with Crippen molar-refractivity contribution in [2.24, 2.45) is 5.84 Å². The number of rotatable bonds is 4. The van der Waals surface area contributed by atoms with E-state index in [1.54, 1.807) is 4.90 Å². The number of aromatic nitrogens is 2. The summed E-state index contributed by atoms with van der Waals surface area (Å²) in [6.45, 7) is 0.555. The van der Waals surface area contributed by atoms with E-state index in [4.69, 9.17) is 5.84 Å². The summed E-state index contributed by atoms with van der Waals surface area (Å²) in [6, 6.07) is -0.170. The molecule has 0 aromatic carbocycles. The second-order valence-electron chi connectivity index (χ2n) is 4.68. The molecule has 1 saturated heterocycles. The van der Waals surface area contributed by atoms with E-state index in [9.17, 15) is 15.2 Å². The van der Waals surface area contributed by atoms with Crippen molar-refractivity contribution in [1.29, 1.82) is 0 Å². The maximum atomic E-state index is 11.3. The number of nitrogens with two attached hydrogens (primary N) is 1. The molecule has 1 aliphatic heterocycles. The molecule has 110 valence electrons. The summed E-state index contributed by atoms with van der Waals surface area (Å²) in [5.74, 6) is 5.45. The Bertz CT molecular complexity index is 483. The number of nitrogens with one attached hydrogen (secondary N) is 1. The van der Waals surface area contributed by atoms with E-state index in [2.05, 4.69) is 15.4 Å². The first-order chi connectivity index (χ1) is 9.69. The third kappa shape index (κ3) is 2.78. The van der Waals surface area contributed by atoms with Crippen LogP contribution in [0.1, 0.15) is 25.7 Å². The Kier molecular flexibility index (Phi) is 4.64. The van der Waals surface area contributed by atoms with Gasteiger partial charge in [-0.3, -0.25) is 10.1 Å². The number of aliphatic hydroxyl groups excluding tert-OH is 1. The van der Waals surface area contributed by atoms with Crippen molar-refractivity contribution >= 4 is 17.3 Å². The normalized spacial score (nSPS) is 19.5. The highest BCUT2D eigenvalue weighted by molar-refractivity contribution is 5.70. The molecule has 0 aliphatic carbocycles. The molecule has 9 heteroatoms. The van der Waals surface area contributed by atoms with Crippen molar-refractivity contribution in [2.45, 2.75) is 31.7 Å². The highest BCUT2D eigenvalue weighted by atomic mass is 16.6. The van der Waals surface area contributed by atoms with Gasteiger partial charge in [0.2, 0.25) is 11.6 Å². The first kappa shape index (κ1) is 14.4. The molecular formula is C11H18N6O3. The Morgan fingerprint density at radius 1 is 1.50 bits per heavy atom. The van der Waals surface area contributed by atoms with Gasteiger partial charge in [0.25, 0.3) is 0 Å². The van der Waals surface area contributed by atoms with E-state index in [1.165, 1.54) is 6.33 Å². The maximum Gasteiger partial charge on any atom is 0.354 e. The van der Waals surface area contributed by atoms with Crippen molar-refractivity contribution < 1.29 is 10.0 Å². The standard InChI is InChI=1S/C11H18N6O3/c12-15-10-9(17(19)20)11(14-7-13-10)16-5-3-1-2-4-8(16)6-18/h7-8,18H,1-6,12H2,(H,13,14,15). The van der Waals surface area contributed by atoms with Gasteiger partial charge in [0.05, 0.1) is 17.6 Å². The van der Waals surface area contributed by atoms with Crippen LogP contribution in [0.3, 0.4) is 0 Å². The van der Waals surface area contributed by atoms with E-state index in [0.29, 0.717) is 6.54 Å². The predicted molar refractivity (Wildman–Crippen MR) is 73.2 cm³/mol. The Balaban J connectivity index is 2.46. The molecule has 0 bridgehead atoms. The van der Waals surface area contributed by atoms with Gasteiger partial charge in [-0.25, -0.2) is 15.8 Å². The average Bonchev–Trinajstić information content (AvgIpc) is 2.71. The number of hydrazine groups is 1. The van der Waals surface area contributed by atoms with Gasteiger partial charge >= 0.3 is 5.69 Å². The van der Waals surface area contributed by atoms with Crippen LogP contribution in [0.5, 0.6) is 0 Å². The van der Waals surface area contributed by atoms with Crippen LogP contribution in [-0.4, -0.2) is 39.2 Å². The Morgan fingerprint density at radius 3 is 2.95 bits per heavy atom. The zero-order valence-corrected chi connectivity index (χ0v) is 11.0. The van der Waals surface area contributed by atoms with E-state index in [1.807, 2.05) is 0 Å². The zero-order chi connectivity index (χ0) is 14.5. The summed E-state index contributed by atoms with van der Waals surface area (Å²) in [5.41, 5.74) is 1.97. The van der Waals surface area contributed by atoms with Gasteiger partial charge in [0.15, 0.2) is 0 Å². The van der Waals surface area contributed by atoms with Crippen molar-refractivity contribution in [3.8, 4) is 0 Å². The molecule has 1 aromatic rings. The summed E-state index contributed by atoms with van der Waals surface area (Å²) in [5, 5.41) is 20.8. The van der Waals surface area contributed by atoms with E-state index < -0.39 is 4.92 Å². The molecule has 1 unspecified atom stereocenters. The number of hydrogen-bond donors (Lipinski definition) is 3. The lowest BCUT2D eigenvalue weighted by molar-refractivity contribution is -0.383. The quantitative estimate of drug-likeness (QED) is 0.411. The van der Waals surface area contributed by atoms with Crippen LogP contribution < -0.4 is 16.2 Å². The predicted octanol–water partition coefficient (Wildman–Crippen LogP) is 0.412. The summed E-state index contributed by atoms with van der Waals surface area (Å²) in [7, 11) is 0. The summed E-state index contributed by atoms with van der Waals surface area (Å²) >= 11 is 0. The molecule has 4 N–H and O–H groups in total. The Morgan fingerprint density at radius 2 is 2.30 bits per heavy atom. The second-order valence-corrected chi connectivity index (χ2v) is 4.68. The highest BCUT2D eigenvalue weighted by Gasteiger charge is 2.31. The minimum atomic E-state index is -0.552. The highest BCUT2D eigenvalue weighted by Crippen LogP contribution is 2.34. The van der Waals surface area contributed by atoms with Crippen molar-refractivity contribution in [1.82, 2.24) is 9.97 Å². The summed E-state index contributed by atoms with van der Waals surface area (Å²) in [6.07, 6.45) is 4.94. The molecule has 9 nitrogen and oxygen atoms in total. The van der Waals surface area contributed by atoms with Gasteiger partial charge in [-0.15, -0.1) is 0 Å². The Hall–Kier alpha value is -2.00. The van der Waals surface area contributed by atoms with Gasteiger partial charge in [-0.05, 0) is 12.8 Å². The van der Waals surface area contributed by atoms with Crippen molar-refractivity contribution in [3.05, 3.63) is 16.4 Å². The van der Waals surface area contributed by atoms with Gasteiger partial charge in [0.1, 0.15) is 6.33 Å². The molecule has 1 aliphatic rings. The lowest BCUT2D eigenvalue weighted by atomic mass is 10.1. The average molecular weight is 282 g/mol. The van der Waals surface area contributed by atoms with Crippen LogP contribution in [-0.2, 0) is 0 Å². The molecule has 1 atom stereocenters. The fourth-order valence-electron chi connectivity index (χ4n) is 2.50. The third-order valence-electron chi connectivity index (χ3n) is 3.48. The third-order valence-corrected chi connectivity index (χ3v) is 3.48. The number of nitro groups is 1. The Labute approximate surface area is 115 Å². The smallest absolute Gasteiger partial charge is 0.354 e. The lowest BCUT2D eigenvalue weighted by Crippen LogP contribution is -2.38. The number of anilines is 2. The van der Waals surface area contributed by atoms with Crippen LogP contribution in [0.15, 0.2) is 6.33 Å². The van der Waals surface area contributed by atoms with Crippen molar-refractivity contribution in [3.63, 3.8) is 0 Å². The molecule has 2 rings (SSSR count). The molecule has 2 heterocycles. The van der Waals surface area contributed by atoms with Gasteiger partial charge in [-0.2, -0.15) is 0 Å². The molecule has 0 amide bonds. The van der Waals surface area contributed by atoms with Gasteiger partial charge in [-0.1, -0.05) is 12.8 Å².